The van der Waals surface area contributed by atoms with Crippen LogP contribution in [0, 0.1) is 47.3 Å². The van der Waals surface area contributed by atoms with E-state index in [9.17, 15) is 0 Å². The van der Waals surface area contributed by atoms with Gasteiger partial charge in [-0.15, -0.1) is 9.24 Å². The van der Waals surface area contributed by atoms with Crippen LogP contribution < -0.4 is 10.6 Å². The van der Waals surface area contributed by atoms with Crippen molar-refractivity contribution < 1.29 is 0 Å². The van der Waals surface area contributed by atoms with E-state index in [0.29, 0.717) is 10.3 Å². The fraction of sp³-hybridized carbons (Fsp3) is 0.907. The Labute approximate surface area is 307 Å². The number of nitrogens with one attached hydrogen (secondary N) is 2. The number of rotatable bonds is 9. The van der Waals surface area contributed by atoms with E-state index in [1.54, 1.807) is 83.2 Å². The highest BCUT2D eigenvalue weighted by Crippen LogP contribution is 2.80. The summed E-state index contributed by atoms with van der Waals surface area (Å²) in [7, 11) is 0.659. The van der Waals surface area contributed by atoms with Crippen LogP contribution in [0.4, 0.5) is 0 Å². The zero-order chi connectivity index (χ0) is 34.0. The summed E-state index contributed by atoms with van der Waals surface area (Å²) in [4.78, 5) is 0. The zero-order valence-electron chi connectivity index (χ0n) is 32.6. The van der Waals surface area contributed by atoms with Gasteiger partial charge in [-0.25, -0.2) is 0 Å². The van der Waals surface area contributed by atoms with Crippen LogP contribution in [0.1, 0.15) is 103 Å². The van der Waals surface area contributed by atoms with Gasteiger partial charge in [0.25, 0.3) is 0 Å². The van der Waals surface area contributed by atoms with E-state index in [1.807, 2.05) is 10.8 Å². The van der Waals surface area contributed by atoms with Crippen LogP contribution in [0.5, 0.6) is 0 Å². The van der Waals surface area contributed by atoms with Crippen molar-refractivity contribution in [2.45, 2.75) is 163 Å². The number of hydrogen-bond donors (Lipinski definition) is 2. The lowest BCUT2D eigenvalue weighted by Crippen LogP contribution is -2.57. The van der Waals surface area contributed by atoms with E-state index >= 15 is 0 Å². The second-order valence-corrected chi connectivity index (χ2v) is 36.9. The van der Waals surface area contributed by atoms with E-state index in [4.69, 9.17) is 0 Å². The highest BCUT2D eigenvalue weighted by atomic mass is 31.1. The fourth-order valence-electron chi connectivity index (χ4n) is 16.0. The second-order valence-electron chi connectivity index (χ2n) is 22.5. The molecule has 2 aliphatic heterocycles. The van der Waals surface area contributed by atoms with Crippen LogP contribution in [0.15, 0.2) is 22.4 Å². The second kappa shape index (κ2) is 12.6. The van der Waals surface area contributed by atoms with Gasteiger partial charge in [-0.3, -0.25) is 0 Å². The Kier molecular flexibility index (Phi) is 9.12. The molecule has 8 bridgehead atoms. The lowest BCUT2D eigenvalue weighted by Gasteiger charge is -2.68. The molecule has 10 fully saturated rings. The third-order valence-electron chi connectivity index (χ3n) is 16.9. The molecule has 49 heavy (non-hydrogen) atoms. The molecule has 8 saturated carbocycles. The molecule has 2 N–H and O–H groups in total. The maximum absolute atomic E-state index is 3.96. The molecule has 11 aliphatic rings. The minimum atomic E-state index is -1.54. The smallest absolute Gasteiger partial charge is 0.0728 e. The molecule has 0 spiro atoms. The Balaban J connectivity index is 1.23. The van der Waals surface area contributed by atoms with Crippen molar-refractivity contribution in [3.63, 3.8) is 0 Å². The van der Waals surface area contributed by atoms with Crippen LogP contribution in [0.2, 0.25) is 44.8 Å². The molecule has 4 unspecified atom stereocenters. The molecule has 9 aliphatic carbocycles. The Morgan fingerprint density at radius 2 is 1.10 bits per heavy atom. The van der Waals surface area contributed by atoms with Crippen LogP contribution >= 0.6 is 17.2 Å². The van der Waals surface area contributed by atoms with Crippen molar-refractivity contribution in [2.24, 2.45) is 47.3 Å². The van der Waals surface area contributed by atoms with Crippen molar-refractivity contribution in [1.29, 1.82) is 0 Å². The molecular formula is C43H74N2P2Si2. The van der Waals surface area contributed by atoms with E-state index in [0.717, 1.165) is 52.9 Å². The van der Waals surface area contributed by atoms with Crippen LogP contribution in [-0.2, 0) is 0 Å². The SMILES string of the molecule is C[Si](C)(C)C1=CC(C(P)(C2CCCNC2)C2CCCNC2)=C(CP(C23CC4CC(CC(C4)C2)C3)C23CC4CC(CC(C4)C2)C3)C1[Si](C)(C)C. The Hall–Kier alpha value is 0.694. The molecule has 4 atom stereocenters. The molecular weight excluding hydrogens is 663 g/mol. The first-order valence-electron chi connectivity index (χ1n) is 21.7. The molecule has 274 valence electrons. The normalized spacial score (nSPS) is 46.7. The van der Waals surface area contributed by atoms with Gasteiger partial charge in [0.2, 0.25) is 0 Å². The average Bonchev–Trinajstić information content (AvgIpc) is 3.44. The molecule has 2 heterocycles. The topological polar surface area (TPSA) is 24.1 Å². The minimum Gasteiger partial charge on any atom is -0.316 e. The van der Waals surface area contributed by atoms with Gasteiger partial charge in [0.1, 0.15) is 0 Å². The maximum Gasteiger partial charge on any atom is 0.0728 e. The first-order chi connectivity index (χ1) is 23.3. The molecule has 0 amide bonds. The third kappa shape index (κ3) is 6.03. The highest BCUT2D eigenvalue weighted by Gasteiger charge is 2.63. The highest BCUT2D eigenvalue weighted by molar-refractivity contribution is 7.61. The van der Waals surface area contributed by atoms with Crippen molar-refractivity contribution >= 4 is 33.3 Å². The summed E-state index contributed by atoms with van der Waals surface area (Å²) in [5, 5.41) is 11.5. The van der Waals surface area contributed by atoms with Gasteiger partial charge in [0.15, 0.2) is 0 Å². The number of hydrogen-bond acceptors (Lipinski definition) is 2. The quantitative estimate of drug-likeness (QED) is 0.182. The molecule has 2 nitrogen and oxygen atoms in total. The van der Waals surface area contributed by atoms with E-state index < -0.39 is 16.1 Å². The minimum absolute atomic E-state index is 0.0513. The van der Waals surface area contributed by atoms with Crippen LogP contribution in [-0.4, -0.2) is 64.0 Å². The van der Waals surface area contributed by atoms with E-state index in [-0.39, 0.29) is 13.1 Å². The first kappa shape index (κ1) is 35.4. The zero-order valence-corrected chi connectivity index (χ0v) is 36.7. The fourth-order valence-corrected chi connectivity index (χ4v) is 28.8. The third-order valence-corrected chi connectivity index (χ3v) is 27.1. The van der Waals surface area contributed by atoms with Crippen LogP contribution in [0.25, 0.3) is 0 Å². The predicted octanol–water partition coefficient (Wildman–Crippen LogP) is 10.8. The average molecular weight is 737 g/mol. The summed E-state index contributed by atoms with van der Waals surface area (Å²) in [5.41, 5.74) is 4.82. The monoisotopic (exact) mass is 736 g/mol. The molecule has 2 saturated heterocycles. The van der Waals surface area contributed by atoms with Gasteiger partial charge in [-0.2, -0.15) is 0 Å². The van der Waals surface area contributed by atoms with Gasteiger partial charge in [-0.05, 0) is 204 Å². The Morgan fingerprint density at radius 1 is 0.694 bits per heavy atom. The molecule has 0 aromatic heterocycles. The van der Waals surface area contributed by atoms with Gasteiger partial charge in [-0.1, -0.05) is 64.0 Å². The lowest BCUT2D eigenvalue weighted by atomic mass is 9.55. The van der Waals surface area contributed by atoms with Gasteiger partial charge in [0, 0.05) is 5.16 Å². The molecule has 6 heteroatoms. The standard InChI is InChI=1S/C43H74N2P2Si2/c1-48(2,3)39-19-38(43(46,35-9-7-11-44-26-35)36-10-8-12-45-27-36)37(40(39)49(4,5)6)28-47(41-20-29-13-30(21-41)15-31(14-29)22-41)42-23-32-16-33(24-42)18-34(17-32)25-42/h19,29-36,40,44-45H,7-18,20-28,46H2,1-6H3. The van der Waals surface area contributed by atoms with Gasteiger partial charge >= 0.3 is 0 Å². The summed E-state index contributed by atoms with van der Waals surface area (Å²) in [6.45, 7) is 21.5. The van der Waals surface area contributed by atoms with Crippen molar-refractivity contribution in [3.8, 4) is 0 Å². The van der Waals surface area contributed by atoms with Crippen molar-refractivity contribution in [3.05, 3.63) is 22.4 Å². The summed E-state index contributed by atoms with van der Waals surface area (Å²) in [6.07, 6.45) is 29.6. The predicted molar refractivity (Wildman–Crippen MR) is 223 cm³/mol. The largest absolute Gasteiger partial charge is 0.316 e. The molecule has 0 aromatic rings. The Bertz CT molecular complexity index is 1210. The summed E-state index contributed by atoms with van der Waals surface area (Å²) in [6, 6.07) is 0. The maximum atomic E-state index is 3.96. The number of allylic oxidation sites excluding steroid dienone is 4. The van der Waals surface area contributed by atoms with Crippen molar-refractivity contribution in [2.75, 3.05) is 32.3 Å². The summed E-state index contributed by atoms with van der Waals surface area (Å²) < 4.78 is 0. The molecule has 11 rings (SSSR count). The van der Waals surface area contributed by atoms with E-state index in [1.165, 1.54) is 51.9 Å². The van der Waals surface area contributed by atoms with Gasteiger partial charge in [0.05, 0.1) is 16.1 Å². The Morgan fingerprint density at radius 3 is 1.43 bits per heavy atom. The lowest BCUT2D eigenvalue weighted by molar-refractivity contribution is 0.0187. The molecule has 0 aromatic carbocycles. The van der Waals surface area contributed by atoms with Crippen LogP contribution in [0.3, 0.4) is 0 Å². The molecule has 0 radical (unpaired) electrons. The summed E-state index contributed by atoms with van der Waals surface area (Å²) in [5.74, 6) is 7.94. The van der Waals surface area contributed by atoms with E-state index in [2.05, 4.69) is 70.8 Å². The van der Waals surface area contributed by atoms with Crippen molar-refractivity contribution in [1.82, 2.24) is 10.6 Å². The first-order valence-corrected chi connectivity index (χ1v) is 30.9. The number of piperidine rings is 2. The van der Waals surface area contributed by atoms with Gasteiger partial charge < -0.3 is 10.6 Å². The summed E-state index contributed by atoms with van der Waals surface area (Å²) >= 11 is 0.